The normalized spacial score (nSPS) is 10.5. The maximum atomic E-state index is 12.2. The highest BCUT2D eigenvalue weighted by atomic mass is 35.5. The molecule has 2 N–H and O–H groups in total. The summed E-state index contributed by atoms with van der Waals surface area (Å²) in [6, 6.07) is 5.02. The van der Waals surface area contributed by atoms with Crippen molar-refractivity contribution in [3.63, 3.8) is 0 Å². The second-order valence-corrected chi connectivity index (χ2v) is 5.78. The van der Waals surface area contributed by atoms with Gasteiger partial charge in [-0.05, 0) is 24.1 Å². The number of hydrogen-bond donors (Lipinski definition) is 2. The molecule has 0 saturated carbocycles. The van der Waals surface area contributed by atoms with Gasteiger partial charge in [0.05, 0.1) is 17.7 Å². The third-order valence-electron chi connectivity index (χ3n) is 2.99. The van der Waals surface area contributed by atoms with Gasteiger partial charge >= 0.3 is 0 Å². The molecule has 1 aromatic heterocycles. The topological polar surface area (TPSA) is 76.1 Å². The zero-order chi connectivity index (χ0) is 16.8. The second kappa shape index (κ2) is 7.78. The summed E-state index contributed by atoms with van der Waals surface area (Å²) in [5.74, 6) is 1.24. The zero-order valence-electron chi connectivity index (χ0n) is 13.3. The lowest BCUT2D eigenvalue weighted by Crippen LogP contribution is -2.14. The van der Waals surface area contributed by atoms with E-state index >= 15 is 0 Å². The van der Waals surface area contributed by atoms with E-state index in [9.17, 15) is 4.79 Å². The van der Waals surface area contributed by atoms with E-state index in [-0.39, 0.29) is 5.91 Å². The van der Waals surface area contributed by atoms with Crippen molar-refractivity contribution >= 4 is 29.1 Å². The third kappa shape index (κ3) is 4.82. The Balaban J connectivity index is 2.01. The molecule has 0 radical (unpaired) electrons. The fourth-order valence-corrected chi connectivity index (χ4v) is 2.04. The fourth-order valence-electron chi connectivity index (χ4n) is 1.78. The van der Waals surface area contributed by atoms with Gasteiger partial charge in [-0.3, -0.25) is 4.79 Å². The van der Waals surface area contributed by atoms with Gasteiger partial charge in [-0.1, -0.05) is 25.4 Å². The monoisotopic (exact) mass is 334 g/mol. The summed E-state index contributed by atoms with van der Waals surface area (Å²) in [4.78, 5) is 20.4. The fraction of sp³-hybridized carbons (Fsp3) is 0.312. The number of ether oxygens (including phenoxy) is 1. The SMILES string of the molecule is COc1ccc(NC(=O)c2cnc(NCC(C)C)nc2)cc1Cl. The van der Waals surface area contributed by atoms with Crippen molar-refractivity contribution in [2.75, 3.05) is 24.3 Å². The Kier molecular flexibility index (Phi) is 5.76. The summed E-state index contributed by atoms with van der Waals surface area (Å²) < 4.78 is 5.07. The van der Waals surface area contributed by atoms with Gasteiger partial charge in [0.2, 0.25) is 5.95 Å². The molecule has 0 bridgehead atoms. The van der Waals surface area contributed by atoms with Crippen LogP contribution in [0.1, 0.15) is 24.2 Å². The number of aromatic nitrogens is 2. The maximum Gasteiger partial charge on any atom is 0.258 e. The van der Waals surface area contributed by atoms with Gasteiger partial charge in [-0.15, -0.1) is 0 Å². The highest BCUT2D eigenvalue weighted by Crippen LogP contribution is 2.27. The number of nitrogens with one attached hydrogen (secondary N) is 2. The average Bonchev–Trinajstić information content (AvgIpc) is 2.53. The molecule has 1 heterocycles. The standard InChI is InChI=1S/C16H19ClN4O2/c1-10(2)7-18-16-19-8-11(9-20-16)15(22)21-12-4-5-14(23-3)13(17)6-12/h4-6,8-10H,7H2,1-3H3,(H,21,22)(H,18,19,20). The Morgan fingerprint density at radius 2 is 2.00 bits per heavy atom. The van der Waals surface area contributed by atoms with Crippen LogP contribution in [-0.4, -0.2) is 29.5 Å². The lowest BCUT2D eigenvalue weighted by molar-refractivity contribution is 0.102. The number of hydrogen-bond acceptors (Lipinski definition) is 5. The Labute approximate surface area is 140 Å². The maximum absolute atomic E-state index is 12.2. The molecule has 7 heteroatoms. The van der Waals surface area contributed by atoms with Gasteiger partial charge in [-0.25, -0.2) is 9.97 Å². The van der Waals surface area contributed by atoms with Gasteiger partial charge < -0.3 is 15.4 Å². The van der Waals surface area contributed by atoms with Crippen LogP contribution in [0.3, 0.4) is 0 Å². The highest BCUT2D eigenvalue weighted by molar-refractivity contribution is 6.32. The first-order valence-corrected chi connectivity index (χ1v) is 7.58. The average molecular weight is 335 g/mol. The Hall–Kier alpha value is -2.34. The van der Waals surface area contributed by atoms with Crippen LogP contribution in [0.25, 0.3) is 0 Å². The van der Waals surface area contributed by atoms with Crippen molar-refractivity contribution in [2.24, 2.45) is 5.92 Å². The van der Waals surface area contributed by atoms with Crippen LogP contribution in [0.4, 0.5) is 11.6 Å². The van der Waals surface area contributed by atoms with Crippen LogP contribution in [0.15, 0.2) is 30.6 Å². The molecule has 122 valence electrons. The summed E-state index contributed by atoms with van der Waals surface area (Å²) >= 11 is 6.03. The molecule has 0 unspecified atom stereocenters. The minimum absolute atomic E-state index is 0.304. The van der Waals surface area contributed by atoms with E-state index in [0.717, 1.165) is 6.54 Å². The zero-order valence-corrected chi connectivity index (χ0v) is 14.0. The number of rotatable bonds is 6. The lowest BCUT2D eigenvalue weighted by Gasteiger charge is -2.09. The third-order valence-corrected chi connectivity index (χ3v) is 3.29. The number of carbonyl (C=O) groups excluding carboxylic acids is 1. The molecule has 0 atom stereocenters. The van der Waals surface area contributed by atoms with Crippen LogP contribution in [0.5, 0.6) is 5.75 Å². The molecular weight excluding hydrogens is 316 g/mol. The first kappa shape index (κ1) is 17.0. The molecule has 1 amide bonds. The predicted molar refractivity (Wildman–Crippen MR) is 91.3 cm³/mol. The number of methoxy groups -OCH3 is 1. The summed E-state index contributed by atoms with van der Waals surface area (Å²) in [6.07, 6.45) is 2.96. The van der Waals surface area contributed by atoms with E-state index in [1.165, 1.54) is 19.5 Å². The number of anilines is 2. The van der Waals surface area contributed by atoms with Crippen molar-refractivity contribution in [3.8, 4) is 5.75 Å². The van der Waals surface area contributed by atoms with E-state index in [1.54, 1.807) is 18.2 Å². The molecule has 0 fully saturated rings. The van der Waals surface area contributed by atoms with Crippen LogP contribution in [0.2, 0.25) is 5.02 Å². The van der Waals surface area contributed by atoms with E-state index in [1.807, 2.05) is 0 Å². The van der Waals surface area contributed by atoms with Crippen molar-refractivity contribution in [2.45, 2.75) is 13.8 Å². The van der Waals surface area contributed by atoms with Crippen LogP contribution >= 0.6 is 11.6 Å². The first-order valence-electron chi connectivity index (χ1n) is 7.20. The molecule has 23 heavy (non-hydrogen) atoms. The number of benzene rings is 1. The molecule has 6 nitrogen and oxygen atoms in total. The van der Waals surface area contributed by atoms with E-state index < -0.39 is 0 Å². The van der Waals surface area contributed by atoms with E-state index in [2.05, 4.69) is 34.4 Å². The molecule has 2 rings (SSSR count). The van der Waals surface area contributed by atoms with Crippen molar-refractivity contribution in [3.05, 3.63) is 41.2 Å². The first-order chi connectivity index (χ1) is 11.0. The van der Waals surface area contributed by atoms with Gasteiger partial charge in [0.15, 0.2) is 0 Å². The Morgan fingerprint density at radius 3 is 2.57 bits per heavy atom. The summed E-state index contributed by atoms with van der Waals surface area (Å²) in [5.41, 5.74) is 0.940. The molecule has 0 aliphatic carbocycles. The van der Waals surface area contributed by atoms with Crippen LogP contribution in [0, 0.1) is 5.92 Å². The smallest absolute Gasteiger partial charge is 0.258 e. The van der Waals surface area contributed by atoms with Gasteiger partial charge in [0.25, 0.3) is 5.91 Å². The highest BCUT2D eigenvalue weighted by Gasteiger charge is 2.09. The molecule has 2 aromatic rings. The van der Waals surface area contributed by atoms with E-state index in [0.29, 0.717) is 33.9 Å². The minimum atomic E-state index is -0.304. The van der Waals surface area contributed by atoms with Crippen molar-refractivity contribution in [1.29, 1.82) is 0 Å². The summed E-state index contributed by atoms with van der Waals surface area (Å²) in [6.45, 7) is 4.96. The number of halogens is 1. The summed E-state index contributed by atoms with van der Waals surface area (Å²) in [7, 11) is 1.53. The molecule has 0 aliphatic rings. The molecule has 0 saturated heterocycles. The van der Waals surface area contributed by atoms with Crippen LogP contribution < -0.4 is 15.4 Å². The molecular formula is C16H19ClN4O2. The van der Waals surface area contributed by atoms with Crippen LogP contribution in [-0.2, 0) is 0 Å². The molecule has 1 aromatic carbocycles. The molecule has 0 aliphatic heterocycles. The second-order valence-electron chi connectivity index (χ2n) is 5.37. The van der Waals surface area contributed by atoms with Gasteiger partial charge in [0.1, 0.15) is 5.75 Å². The quantitative estimate of drug-likeness (QED) is 0.846. The lowest BCUT2D eigenvalue weighted by atomic mass is 10.2. The number of amides is 1. The van der Waals surface area contributed by atoms with E-state index in [4.69, 9.17) is 16.3 Å². The molecule has 0 spiro atoms. The van der Waals surface area contributed by atoms with Gasteiger partial charge in [0, 0.05) is 24.6 Å². The van der Waals surface area contributed by atoms with Gasteiger partial charge in [-0.2, -0.15) is 0 Å². The van der Waals surface area contributed by atoms with Crippen molar-refractivity contribution in [1.82, 2.24) is 9.97 Å². The number of carbonyl (C=O) groups is 1. The van der Waals surface area contributed by atoms with Crippen molar-refractivity contribution < 1.29 is 9.53 Å². The number of nitrogens with zero attached hydrogens (tertiary/aromatic N) is 2. The Bertz CT molecular complexity index is 674. The predicted octanol–water partition coefficient (Wildman–Crippen LogP) is 3.46. The summed E-state index contributed by atoms with van der Waals surface area (Å²) in [5, 5.41) is 6.26. The largest absolute Gasteiger partial charge is 0.495 e. The Morgan fingerprint density at radius 1 is 1.30 bits per heavy atom. The minimum Gasteiger partial charge on any atom is -0.495 e.